The van der Waals surface area contributed by atoms with Crippen molar-refractivity contribution in [2.45, 2.75) is 50.0 Å². The van der Waals surface area contributed by atoms with Gasteiger partial charge >= 0.3 is 0 Å². The van der Waals surface area contributed by atoms with Crippen LogP contribution in [0.3, 0.4) is 0 Å². The average Bonchev–Trinajstić information content (AvgIpc) is 3.15. The zero-order chi connectivity index (χ0) is 23.0. The number of benzene rings is 1. The molecule has 2 aromatic heterocycles. The molecule has 3 aromatic rings. The second-order valence-corrected chi connectivity index (χ2v) is 11.3. The number of hydrogen-bond acceptors (Lipinski definition) is 7. The van der Waals surface area contributed by atoms with Gasteiger partial charge in [-0.25, -0.2) is 26.6 Å². The Kier molecular flexibility index (Phi) is 4.66. The lowest BCUT2D eigenvalue weighted by molar-refractivity contribution is -0.121. The summed E-state index contributed by atoms with van der Waals surface area (Å²) in [6.07, 6.45) is -0.982. The molecule has 0 saturated heterocycles. The molecule has 32 heavy (non-hydrogen) atoms. The standard InChI is InChI=1S/C19H20F2N6O3S2/c1-9-6-11-14-12(26(3)17(9)28)7-10(32(29,30)25-19(2)4-5-19)8-13(14)27(24-11)18-23-22-16(31-18)15(20)21/h7-9,15,25H,4-6H2,1-3H3. The highest BCUT2D eigenvalue weighted by Gasteiger charge is 2.42. The van der Waals surface area contributed by atoms with Gasteiger partial charge in [-0.1, -0.05) is 18.3 Å². The maximum atomic E-state index is 13.1. The quantitative estimate of drug-likeness (QED) is 0.599. The third-order valence-corrected chi connectivity index (χ3v) is 8.43. The maximum absolute atomic E-state index is 13.1. The summed E-state index contributed by atoms with van der Waals surface area (Å²) in [7, 11) is -2.31. The molecule has 170 valence electrons. The zero-order valence-corrected chi connectivity index (χ0v) is 19.1. The number of hydrogen-bond donors (Lipinski definition) is 1. The number of rotatable bonds is 5. The van der Waals surface area contributed by atoms with Gasteiger partial charge in [0.15, 0.2) is 5.01 Å². The molecule has 1 unspecified atom stereocenters. The molecule has 0 bridgehead atoms. The molecule has 0 radical (unpaired) electrons. The summed E-state index contributed by atoms with van der Waals surface area (Å²) in [5.74, 6) is -0.558. The first-order valence-electron chi connectivity index (χ1n) is 9.98. The summed E-state index contributed by atoms with van der Waals surface area (Å²) in [5.41, 5.74) is 0.845. The molecule has 1 aliphatic heterocycles. The fourth-order valence-electron chi connectivity index (χ4n) is 3.88. The van der Waals surface area contributed by atoms with Crippen molar-refractivity contribution < 1.29 is 22.0 Å². The summed E-state index contributed by atoms with van der Waals surface area (Å²) < 4.78 is 56.5. The van der Waals surface area contributed by atoms with E-state index in [1.54, 1.807) is 14.0 Å². The van der Waals surface area contributed by atoms with E-state index in [4.69, 9.17) is 0 Å². The van der Waals surface area contributed by atoms with Crippen LogP contribution in [-0.4, -0.2) is 46.9 Å². The number of amides is 1. The van der Waals surface area contributed by atoms with Gasteiger partial charge < -0.3 is 4.90 Å². The number of nitrogens with one attached hydrogen (secondary N) is 1. The lowest BCUT2D eigenvalue weighted by Gasteiger charge is -2.21. The highest BCUT2D eigenvalue weighted by atomic mass is 32.2. The molecule has 0 spiro atoms. The van der Waals surface area contributed by atoms with Crippen LogP contribution >= 0.6 is 11.3 Å². The molecule has 1 N–H and O–H groups in total. The summed E-state index contributed by atoms with van der Waals surface area (Å²) in [6.45, 7) is 3.59. The molecule has 1 amide bonds. The van der Waals surface area contributed by atoms with Crippen molar-refractivity contribution in [2.24, 2.45) is 5.92 Å². The van der Waals surface area contributed by atoms with Gasteiger partial charge in [-0.05, 0) is 31.9 Å². The van der Waals surface area contributed by atoms with Crippen LogP contribution in [0.1, 0.15) is 43.8 Å². The van der Waals surface area contributed by atoms with E-state index in [1.165, 1.54) is 21.7 Å². The lowest BCUT2D eigenvalue weighted by Crippen LogP contribution is -2.34. The molecule has 1 fully saturated rings. The molecule has 1 saturated carbocycles. The van der Waals surface area contributed by atoms with Crippen LogP contribution in [0.2, 0.25) is 0 Å². The Morgan fingerprint density at radius 3 is 2.62 bits per heavy atom. The van der Waals surface area contributed by atoms with Crippen LogP contribution in [0, 0.1) is 5.92 Å². The molecular weight excluding hydrogens is 462 g/mol. The Hall–Kier alpha value is -2.51. The van der Waals surface area contributed by atoms with Crippen LogP contribution in [0.15, 0.2) is 17.0 Å². The van der Waals surface area contributed by atoms with Crippen molar-refractivity contribution in [1.82, 2.24) is 24.7 Å². The third kappa shape index (κ3) is 3.39. The Balaban J connectivity index is 1.76. The Morgan fingerprint density at radius 2 is 2.00 bits per heavy atom. The summed E-state index contributed by atoms with van der Waals surface area (Å²) in [4.78, 5) is 14.2. The predicted molar refractivity (Wildman–Crippen MR) is 114 cm³/mol. The first-order chi connectivity index (χ1) is 15.0. The highest BCUT2D eigenvalue weighted by molar-refractivity contribution is 7.89. The topological polar surface area (TPSA) is 110 Å². The van der Waals surface area contributed by atoms with Crippen LogP contribution in [0.25, 0.3) is 16.0 Å². The van der Waals surface area contributed by atoms with Crippen molar-refractivity contribution in [3.63, 3.8) is 0 Å². The molecule has 1 atom stereocenters. The smallest absolute Gasteiger partial charge is 0.291 e. The third-order valence-electron chi connectivity index (χ3n) is 5.91. The largest absolute Gasteiger partial charge is 0.314 e. The fraction of sp³-hybridized carbons (Fsp3) is 0.474. The van der Waals surface area contributed by atoms with E-state index in [-0.39, 0.29) is 15.9 Å². The first kappa shape index (κ1) is 21.3. The molecule has 3 heterocycles. The number of carbonyl (C=O) groups excluding carboxylic acids is 1. The van der Waals surface area contributed by atoms with Gasteiger partial charge in [0.25, 0.3) is 6.43 Å². The molecule has 13 heteroatoms. The number of aromatic nitrogens is 4. The van der Waals surface area contributed by atoms with E-state index in [0.29, 0.717) is 40.0 Å². The number of alkyl halides is 2. The van der Waals surface area contributed by atoms with Crippen LogP contribution in [0.5, 0.6) is 0 Å². The van der Waals surface area contributed by atoms with Gasteiger partial charge in [-0.15, -0.1) is 10.2 Å². The van der Waals surface area contributed by atoms with Crippen molar-refractivity contribution in [2.75, 3.05) is 11.9 Å². The lowest BCUT2D eigenvalue weighted by atomic mass is 10.0. The molecule has 5 rings (SSSR count). The molecule has 9 nitrogen and oxygen atoms in total. The van der Waals surface area contributed by atoms with Crippen molar-refractivity contribution in [1.29, 1.82) is 0 Å². The summed E-state index contributed by atoms with van der Waals surface area (Å²) >= 11 is 0.682. The monoisotopic (exact) mass is 482 g/mol. The van der Waals surface area contributed by atoms with Gasteiger partial charge in [0.05, 0.1) is 21.8 Å². The van der Waals surface area contributed by atoms with Crippen LogP contribution in [-0.2, 0) is 21.2 Å². The van der Waals surface area contributed by atoms with Gasteiger partial charge in [-0.2, -0.15) is 5.10 Å². The second kappa shape index (κ2) is 6.99. The fourth-order valence-corrected chi connectivity index (χ4v) is 6.05. The Labute approximate surface area is 186 Å². The molecule has 2 aliphatic rings. The summed E-state index contributed by atoms with van der Waals surface area (Å²) in [5, 5.41) is 12.1. The van der Waals surface area contributed by atoms with Gasteiger partial charge in [0.1, 0.15) is 0 Å². The van der Waals surface area contributed by atoms with Gasteiger partial charge in [-0.3, -0.25) is 4.79 Å². The van der Waals surface area contributed by atoms with E-state index in [0.717, 1.165) is 12.8 Å². The minimum atomic E-state index is -3.90. The minimum absolute atomic E-state index is 0.0337. The van der Waals surface area contributed by atoms with Crippen molar-refractivity contribution in [3.05, 3.63) is 22.8 Å². The maximum Gasteiger partial charge on any atom is 0.291 e. The number of sulfonamides is 1. The molecule has 1 aromatic carbocycles. The molecular formula is C19H20F2N6O3S2. The summed E-state index contributed by atoms with van der Waals surface area (Å²) in [6, 6.07) is 2.91. The molecule has 1 aliphatic carbocycles. The minimum Gasteiger partial charge on any atom is -0.314 e. The average molecular weight is 483 g/mol. The van der Waals surface area contributed by atoms with Gasteiger partial charge in [0, 0.05) is 30.3 Å². The first-order valence-corrected chi connectivity index (χ1v) is 12.3. The van der Waals surface area contributed by atoms with Crippen molar-refractivity contribution >= 4 is 43.9 Å². The van der Waals surface area contributed by atoms with E-state index in [2.05, 4.69) is 20.0 Å². The number of anilines is 1. The number of carbonyl (C=O) groups is 1. The van der Waals surface area contributed by atoms with E-state index < -0.39 is 32.9 Å². The van der Waals surface area contributed by atoms with E-state index in [9.17, 15) is 22.0 Å². The predicted octanol–water partition coefficient (Wildman–Crippen LogP) is 2.80. The Bertz CT molecular complexity index is 1360. The highest BCUT2D eigenvalue weighted by Crippen LogP contribution is 2.40. The van der Waals surface area contributed by atoms with E-state index >= 15 is 0 Å². The van der Waals surface area contributed by atoms with E-state index in [1.807, 2.05) is 6.92 Å². The van der Waals surface area contributed by atoms with Crippen molar-refractivity contribution in [3.8, 4) is 5.13 Å². The van der Waals surface area contributed by atoms with Crippen LogP contribution < -0.4 is 9.62 Å². The number of nitrogens with zero attached hydrogens (tertiary/aromatic N) is 5. The van der Waals surface area contributed by atoms with Gasteiger partial charge in [0.2, 0.25) is 21.1 Å². The number of halogens is 2. The Morgan fingerprint density at radius 1 is 1.28 bits per heavy atom. The SMILES string of the molecule is CC1Cc2nn(-c3nnc(C(F)F)s3)c3cc(S(=O)(=O)NC4(C)CC4)cc(c23)N(C)C1=O. The second-order valence-electron chi connectivity index (χ2n) is 8.59. The zero-order valence-electron chi connectivity index (χ0n) is 17.5. The van der Waals surface area contributed by atoms with Crippen LogP contribution in [0.4, 0.5) is 14.5 Å². The normalized spacial score (nSPS) is 20.2.